The smallest absolute Gasteiger partial charge is 0.137 e. The average Bonchev–Trinajstić information content (AvgIpc) is 2.29. The molecule has 0 amide bonds. The summed E-state index contributed by atoms with van der Waals surface area (Å²) in [6, 6.07) is 7.83. The minimum absolute atomic E-state index is 0.626. The van der Waals surface area contributed by atoms with Crippen LogP contribution in [-0.2, 0) is 0 Å². The predicted molar refractivity (Wildman–Crippen MR) is 65.5 cm³/mol. The van der Waals surface area contributed by atoms with E-state index in [-0.39, 0.29) is 0 Å². The second-order valence-corrected chi connectivity index (χ2v) is 4.02. The van der Waals surface area contributed by atoms with Crippen LogP contribution in [0.3, 0.4) is 0 Å². The first-order valence-electron chi connectivity index (χ1n) is 5.91. The van der Waals surface area contributed by atoms with Crippen molar-refractivity contribution in [2.45, 2.75) is 39.5 Å². The van der Waals surface area contributed by atoms with Crippen molar-refractivity contribution >= 4 is 0 Å². The molecular formula is C14H19NO. The Morgan fingerprint density at radius 3 is 2.75 bits per heavy atom. The van der Waals surface area contributed by atoms with Crippen molar-refractivity contribution in [2.75, 3.05) is 6.61 Å². The normalized spacial score (nSPS) is 9.81. The number of unbranched alkanes of at least 4 members (excludes halogenated alkanes) is 3. The van der Waals surface area contributed by atoms with Crippen LogP contribution in [0.1, 0.15) is 43.7 Å². The van der Waals surface area contributed by atoms with E-state index in [0.29, 0.717) is 12.2 Å². The molecule has 0 heterocycles. The van der Waals surface area contributed by atoms with Gasteiger partial charge in [0, 0.05) is 0 Å². The van der Waals surface area contributed by atoms with Gasteiger partial charge in [-0.05, 0) is 31.0 Å². The van der Waals surface area contributed by atoms with Crippen molar-refractivity contribution in [3.8, 4) is 11.8 Å². The molecule has 0 aliphatic heterocycles. The third-order valence-corrected chi connectivity index (χ3v) is 2.51. The zero-order valence-electron chi connectivity index (χ0n) is 10.1. The molecule has 0 saturated heterocycles. The number of ether oxygens (including phenoxy) is 1. The molecule has 0 aliphatic carbocycles. The summed E-state index contributed by atoms with van der Waals surface area (Å²) in [6.45, 7) is 4.90. The highest BCUT2D eigenvalue weighted by atomic mass is 16.5. The summed E-state index contributed by atoms with van der Waals surface area (Å²) in [5.74, 6) is 0.721. The van der Waals surface area contributed by atoms with Crippen LogP contribution in [0.2, 0.25) is 0 Å². The maximum atomic E-state index is 8.92. The van der Waals surface area contributed by atoms with Crippen molar-refractivity contribution in [1.29, 1.82) is 5.26 Å². The highest BCUT2D eigenvalue weighted by Crippen LogP contribution is 2.19. The Balaban J connectivity index is 2.46. The van der Waals surface area contributed by atoms with E-state index >= 15 is 0 Å². The van der Waals surface area contributed by atoms with Gasteiger partial charge in [0.05, 0.1) is 12.2 Å². The summed E-state index contributed by atoms with van der Waals surface area (Å²) in [5.41, 5.74) is 1.75. The Bertz CT molecular complexity index is 365. The van der Waals surface area contributed by atoms with E-state index in [0.717, 1.165) is 17.7 Å². The zero-order chi connectivity index (χ0) is 11.8. The first kappa shape index (κ1) is 12.6. The molecule has 86 valence electrons. The van der Waals surface area contributed by atoms with E-state index in [4.69, 9.17) is 10.00 Å². The monoisotopic (exact) mass is 217 g/mol. The molecule has 16 heavy (non-hydrogen) atoms. The van der Waals surface area contributed by atoms with E-state index in [2.05, 4.69) is 13.0 Å². The molecule has 0 atom stereocenters. The van der Waals surface area contributed by atoms with Gasteiger partial charge < -0.3 is 4.74 Å². The molecule has 0 unspecified atom stereocenters. The fraction of sp³-hybridized carbons (Fsp3) is 0.500. The van der Waals surface area contributed by atoms with Crippen LogP contribution in [-0.4, -0.2) is 6.61 Å². The van der Waals surface area contributed by atoms with Crippen LogP contribution in [0, 0.1) is 18.3 Å². The molecule has 0 aromatic heterocycles. The minimum atomic E-state index is 0.626. The first-order chi connectivity index (χ1) is 7.77. The standard InChI is InChI=1S/C14H19NO/c1-3-4-5-6-9-16-14-10-12(2)7-8-13(14)11-15/h7-8,10H,3-6,9H2,1-2H3. The fourth-order valence-corrected chi connectivity index (χ4v) is 1.55. The third-order valence-electron chi connectivity index (χ3n) is 2.51. The van der Waals surface area contributed by atoms with E-state index in [1.54, 1.807) is 0 Å². The number of hydrogen-bond acceptors (Lipinski definition) is 2. The average molecular weight is 217 g/mol. The van der Waals surface area contributed by atoms with Gasteiger partial charge in [-0.2, -0.15) is 5.26 Å². The van der Waals surface area contributed by atoms with Gasteiger partial charge >= 0.3 is 0 Å². The van der Waals surface area contributed by atoms with Gasteiger partial charge in [-0.25, -0.2) is 0 Å². The lowest BCUT2D eigenvalue weighted by molar-refractivity contribution is 0.304. The molecule has 1 rings (SSSR count). The highest BCUT2D eigenvalue weighted by molar-refractivity contribution is 5.44. The maximum Gasteiger partial charge on any atom is 0.137 e. The van der Waals surface area contributed by atoms with Gasteiger partial charge in [0.1, 0.15) is 11.8 Å². The lowest BCUT2D eigenvalue weighted by Crippen LogP contribution is -1.99. The molecule has 2 nitrogen and oxygen atoms in total. The summed E-state index contributed by atoms with van der Waals surface area (Å²) < 4.78 is 5.63. The SMILES string of the molecule is CCCCCCOc1cc(C)ccc1C#N. The molecule has 0 fully saturated rings. The molecule has 0 aliphatic rings. The first-order valence-corrected chi connectivity index (χ1v) is 5.91. The predicted octanol–water partition coefficient (Wildman–Crippen LogP) is 3.83. The number of aryl methyl sites for hydroxylation is 1. The summed E-state index contributed by atoms with van der Waals surface area (Å²) in [7, 11) is 0. The summed E-state index contributed by atoms with van der Waals surface area (Å²) in [4.78, 5) is 0. The Morgan fingerprint density at radius 2 is 2.06 bits per heavy atom. The van der Waals surface area contributed by atoms with E-state index in [1.807, 2.05) is 25.1 Å². The van der Waals surface area contributed by atoms with Crippen LogP contribution in [0.5, 0.6) is 5.75 Å². The molecule has 0 N–H and O–H groups in total. The molecule has 0 bridgehead atoms. The highest BCUT2D eigenvalue weighted by Gasteiger charge is 2.02. The van der Waals surface area contributed by atoms with Crippen molar-refractivity contribution in [1.82, 2.24) is 0 Å². The molecule has 0 saturated carbocycles. The third kappa shape index (κ3) is 3.94. The maximum absolute atomic E-state index is 8.92. The zero-order valence-corrected chi connectivity index (χ0v) is 10.1. The molecular weight excluding hydrogens is 198 g/mol. The molecule has 1 aromatic carbocycles. The van der Waals surface area contributed by atoms with Gasteiger partial charge in [0.25, 0.3) is 0 Å². The molecule has 2 heteroatoms. The van der Waals surface area contributed by atoms with Gasteiger partial charge in [-0.3, -0.25) is 0 Å². The number of nitrogens with zero attached hydrogens (tertiary/aromatic N) is 1. The largest absolute Gasteiger partial charge is 0.492 e. The molecule has 0 spiro atoms. The lowest BCUT2D eigenvalue weighted by Gasteiger charge is -2.08. The summed E-state index contributed by atoms with van der Waals surface area (Å²) >= 11 is 0. The topological polar surface area (TPSA) is 33.0 Å². The minimum Gasteiger partial charge on any atom is -0.492 e. The van der Waals surface area contributed by atoms with Crippen LogP contribution in [0.25, 0.3) is 0 Å². The van der Waals surface area contributed by atoms with Crippen LogP contribution in [0.4, 0.5) is 0 Å². The van der Waals surface area contributed by atoms with Gasteiger partial charge in [-0.15, -0.1) is 0 Å². The van der Waals surface area contributed by atoms with Gasteiger partial charge in [0.15, 0.2) is 0 Å². The van der Waals surface area contributed by atoms with Crippen molar-refractivity contribution < 1.29 is 4.74 Å². The van der Waals surface area contributed by atoms with Crippen LogP contribution < -0.4 is 4.74 Å². The van der Waals surface area contributed by atoms with E-state index in [1.165, 1.54) is 19.3 Å². The fourth-order valence-electron chi connectivity index (χ4n) is 1.55. The second kappa shape index (κ2) is 6.90. The van der Waals surface area contributed by atoms with Crippen molar-refractivity contribution in [3.63, 3.8) is 0 Å². The Labute approximate surface area is 97.9 Å². The summed E-state index contributed by atoms with van der Waals surface area (Å²) in [6.07, 6.45) is 4.74. The Kier molecular flexibility index (Phi) is 5.42. The van der Waals surface area contributed by atoms with Crippen LogP contribution in [0.15, 0.2) is 18.2 Å². The number of hydrogen-bond donors (Lipinski definition) is 0. The van der Waals surface area contributed by atoms with E-state index in [9.17, 15) is 0 Å². The summed E-state index contributed by atoms with van der Waals surface area (Å²) in [5, 5.41) is 8.92. The van der Waals surface area contributed by atoms with Crippen LogP contribution >= 0.6 is 0 Å². The number of rotatable bonds is 6. The van der Waals surface area contributed by atoms with E-state index < -0.39 is 0 Å². The molecule has 0 radical (unpaired) electrons. The lowest BCUT2D eigenvalue weighted by atomic mass is 10.1. The second-order valence-electron chi connectivity index (χ2n) is 4.02. The number of benzene rings is 1. The van der Waals surface area contributed by atoms with Gasteiger partial charge in [-0.1, -0.05) is 32.3 Å². The van der Waals surface area contributed by atoms with Crippen molar-refractivity contribution in [3.05, 3.63) is 29.3 Å². The quantitative estimate of drug-likeness (QED) is 0.678. The van der Waals surface area contributed by atoms with Gasteiger partial charge in [0.2, 0.25) is 0 Å². The number of nitriles is 1. The Hall–Kier alpha value is -1.49. The molecule has 1 aromatic rings. The Morgan fingerprint density at radius 1 is 1.25 bits per heavy atom. The van der Waals surface area contributed by atoms with Crippen molar-refractivity contribution in [2.24, 2.45) is 0 Å².